The van der Waals surface area contributed by atoms with Gasteiger partial charge in [0.05, 0.1) is 23.7 Å². The number of thioether (sulfide) groups is 1. The van der Waals surface area contributed by atoms with Gasteiger partial charge in [0, 0.05) is 16.7 Å². The van der Waals surface area contributed by atoms with Gasteiger partial charge in [0.25, 0.3) is 5.56 Å². The number of benzene rings is 3. The molecule has 2 heterocycles. The monoisotopic (exact) mass is 484 g/mol. The average Bonchev–Trinajstić information content (AvgIpc) is 3.33. The maximum atomic E-state index is 13.8. The maximum absolute atomic E-state index is 13.8. The molecular weight excluding hydrogens is 464 g/mol. The number of fused-ring (bicyclic) bond motifs is 1. The molecule has 0 fully saturated rings. The fraction of sp³-hybridized carbons (Fsp3) is 0.0741. The highest BCUT2D eigenvalue weighted by Crippen LogP contribution is 2.33. The Labute approximate surface area is 204 Å². The summed E-state index contributed by atoms with van der Waals surface area (Å²) < 4.78 is 6.46. The van der Waals surface area contributed by atoms with Crippen LogP contribution < -0.4 is 5.56 Å². The molecule has 0 atom stereocenters. The van der Waals surface area contributed by atoms with E-state index in [1.165, 1.54) is 30.2 Å². The number of hydrogen-bond donors (Lipinski definition) is 0. The number of aromatic nitrogens is 2. The third kappa shape index (κ3) is 4.27. The number of ether oxygens (including phenoxy) is 1. The second-order valence-electron chi connectivity index (χ2n) is 7.54. The summed E-state index contributed by atoms with van der Waals surface area (Å²) in [5.41, 5.74) is 4.11. The minimum Gasteiger partial charge on any atom is -0.465 e. The lowest BCUT2D eigenvalue weighted by Crippen LogP contribution is -2.21. The number of carbonyl (C=O) groups excluding carboxylic acids is 1. The molecule has 2 aromatic heterocycles. The summed E-state index contributed by atoms with van der Waals surface area (Å²) in [6.07, 6.45) is 0. The van der Waals surface area contributed by atoms with Crippen LogP contribution >= 0.6 is 23.1 Å². The summed E-state index contributed by atoms with van der Waals surface area (Å²) in [7, 11) is 1.37. The van der Waals surface area contributed by atoms with E-state index < -0.39 is 0 Å². The molecule has 0 N–H and O–H groups in total. The van der Waals surface area contributed by atoms with E-state index in [4.69, 9.17) is 9.72 Å². The smallest absolute Gasteiger partial charge is 0.337 e. The Morgan fingerprint density at radius 1 is 0.971 bits per heavy atom. The van der Waals surface area contributed by atoms with Crippen molar-refractivity contribution in [2.45, 2.75) is 10.9 Å². The summed E-state index contributed by atoms with van der Waals surface area (Å²) in [4.78, 5) is 31.2. The molecule has 0 aliphatic carbocycles. The number of methoxy groups -OCH3 is 1. The van der Waals surface area contributed by atoms with E-state index >= 15 is 0 Å². The topological polar surface area (TPSA) is 61.2 Å². The van der Waals surface area contributed by atoms with Gasteiger partial charge in [-0.2, -0.15) is 0 Å². The minimum atomic E-state index is -0.365. The number of para-hydroxylation sites is 1. The van der Waals surface area contributed by atoms with Crippen molar-refractivity contribution in [3.05, 3.63) is 112 Å². The Morgan fingerprint density at radius 3 is 2.32 bits per heavy atom. The highest BCUT2D eigenvalue weighted by atomic mass is 32.2. The van der Waals surface area contributed by atoms with Crippen LogP contribution in [0.5, 0.6) is 0 Å². The molecule has 5 nitrogen and oxygen atoms in total. The third-order valence-corrected chi connectivity index (χ3v) is 7.30. The molecule has 5 aromatic rings. The zero-order chi connectivity index (χ0) is 23.5. The number of carbonyl (C=O) groups is 1. The molecule has 3 aromatic carbocycles. The van der Waals surface area contributed by atoms with Crippen molar-refractivity contribution in [3.63, 3.8) is 0 Å². The molecular formula is C27H20N2O3S2. The van der Waals surface area contributed by atoms with E-state index in [1.807, 2.05) is 78.2 Å². The van der Waals surface area contributed by atoms with Gasteiger partial charge in [-0.1, -0.05) is 72.4 Å². The zero-order valence-corrected chi connectivity index (χ0v) is 19.9. The van der Waals surface area contributed by atoms with Crippen molar-refractivity contribution in [3.8, 4) is 16.8 Å². The van der Waals surface area contributed by atoms with Crippen molar-refractivity contribution in [2.24, 2.45) is 0 Å². The average molecular weight is 485 g/mol. The van der Waals surface area contributed by atoms with Gasteiger partial charge in [-0.05, 0) is 35.4 Å². The highest BCUT2D eigenvalue weighted by Gasteiger charge is 2.18. The van der Waals surface area contributed by atoms with Gasteiger partial charge in [-0.25, -0.2) is 9.78 Å². The van der Waals surface area contributed by atoms with Crippen LogP contribution in [-0.2, 0) is 10.5 Å². The van der Waals surface area contributed by atoms with Crippen LogP contribution in [0.1, 0.15) is 15.9 Å². The number of thiophene rings is 1. The molecule has 168 valence electrons. The SMILES string of the molecule is COC(=O)c1ccc(CSc2nc3scc(-c4ccccc4)c3c(=O)n2-c2ccccc2)cc1. The third-order valence-electron chi connectivity index (χ3n) is 5.42. The van der Waals surface area contributed by atoms with Gasteiger partial charge >= 0.3 is 5.97 Å². The highest BCUT2D eigenvalue weighted by molar-refractivity contribution is 7.98. The van der Waals surface area contributed by atoms with Gasteiger partial charge in [0.15, 0.2) is 5.16 Å². The molecule has 0 spiro atoms. The first-order valence-corrected chi connectivity index (χ1v) is 12.5. The van der Waals surface area contributed by atoms with E-state index in [0.717, 1.165) is 27.2 Å². The van der Waals surface area contributed by atoms with E-state index in [2.05, 4.69) is 0 Å². The quantitative estimate of drug-likeness (QED) is 0.163. The van der Waals surface area contributed by atoms with Gasteiger partial charge in [0.1, 0.15) is 4.83 Å². The van der Waals surface area contributed by atoms with Crippen LogP contribution in [0.25, 0.3) is 27.0 Å². The number of hydrogen-bond acceptors (Lipinski definition) is 6. The molecule has 5 rings (SSSR count). The molecule has 34 heavy (non-hydrogen) atoms. The van der Waals surface area contributed by atoms with E-state index in [-0.39, 0.29) is 11.5 Å². The number of esters is 1. The Morgan fingerprint density at radius 2 is 1.65 bits per heavy atom. The van der Waals surface area contributed by atoms with Crippen LogP contribution in [-0.4, -0.2) is 22.6 Å². The van der Waals surface area contributed by atoms with E-state index in [0.29, 0.717) is 21.9 Å². The van der Waals surface area contributed by atoms with Gasteiger partial charge < -0.3 is 4.74 Å². The van der Waals surface area contributed by atoms with Crippen LogP contribution in [0.2, 0.25) is 0 Å². The number of rotatable bonds is 6. The molecule has 0 bridgehead atoms. The summed E-state index contributed by atoms with van der Waals surface area (Å²) >= 11 is 2.97. The standard InChI is InChI=1S/C27H20N2O3S2/c1-32-26(31)20-14-12-18(13-15-20)16-34-27-28-24-23(22(17-33-24)19-8-4-2-5-9-19)25(30)29(27)21-10-6-3-7-11-21/h2-15,17H,16H2,1H3. The molecule has 0 amide bonds. The Hall–Kier alpha value is -3.68. The molecule has 0 saturated carbocycles. The number of nitrogens with zero attached hydrogens (tertiary/aromatic N) is 2. The molecule has 0 aliphatic heterocycles. The Balaban J connectivity index is 1.57. The second kappa shape index (κ2) is 9.67. The molecule has 0 aliphatic rings. The summed E-state index contributed by atoms with van der Waals surface area (Å²) in [5.74, 6) is 0.236. The van der Waals surface area contributed by atoms with E-state index in [1.54, 1.807) is 16.7 Å². The molecule has 0 unspecified atom stereocenters. The van der Waals surface area contributed by atoms with Gasteiger partial charge in [0.2, 0.25) is 0 Å². The minimum absolute atomic E-state index is 0.0835. The van der Waals surface area contributed by atoms with Crippen molar-refractivity contribution < 1.29 is 9.53 Å². The zero-order valence-electron chi connectivity index (χ0n) is 18.3. The lowest BCUT2D eigenvalue weighted by molar-refractivity contribution is 0.0600. The van der Waals surface area contributed by atoms with Crippen LogP contribution in [0.3, 0.4) is 0 Å². The first-order chi connectivity index (χ1) is 16.7. The Kier molecular flexibility index (Phi) is 6.29. The second-order valence-corrected chi connectivity index (χ2v) is 9.34. The van der Waals surface area contributed by atoms with Gasteiger partial charge in [-0.3, -0.25) is 9.36 Å². The lowest BCUT2D eigenvalue weighted by atomic mass is 10.1. The fourth-order valence-electron chi connectivity index (χ4n) is 3.71. The summed E-state index contributed by atoms with van der Waals surface area (Å²) in [6.45, 7) is 0. The summed E-state index contributed by atoms with van der Waals surface area (Å²) in [5, 5.41) is 3.26. The van der Waals surface area contributed by atoms with Crippen LogP contribution in [0.15, 0.2) is 100 Å². The Bertz CT molecular complexity index is 1510. The van der Waals surface area contributed by atoms with Crippen molar-refractivity contribution in [1.82, 2.24) is 9.55 Å². The van der Waals surface area contributed by atoms with Crippen LogP contribution in [0, 0.1) is 0 Å². The van der Waals surface area contributed by atoms with Gasteiger partial charge in [-0.15, -0.1) is 11.3 Å². The summed E-state index contributed by atoms with van der Waals surface area (Å²) in [6, 6.07) is 26.8. The predicted molar refractivity (Wildman–Crippen MR) is 138 cm³/mol. The van der Waals surface area contributed by atoms with Crippen LogP contribution in [0.4, 0.5) is 0 Å². The first-order valence-electron chi connectivity index (χ1n) is 10.6. The molecule has 7 heteroatoms. The van der Waals surface area contributed by atoms with Crippen molar-refractivity contribution in [2.75, 3.05) is 7.11 Å². The molecule has 0 saturated heterocycles. The largest absolute Gasteiger partial charge is 0.465 e. The molecule has 0 radical (unpaired) electrons. The first kappa shape index (κ1) is 22.1. The normalized spacial score (nSPS) is 11.0. The predicted octanol–water partition coefficient (Wildman–Crippen LogP) is 6.19. The fourth-order valence-corrected chi connectivity index (χ4v) is 5.66. The van der Waals surface area contributed by atoms with E-state index in [9.17, 15) is 9.59 Å². The van der Waals surface area contributed by atoms with Crippen molar-refractivity contribution in [1.29, 1.82) is 0 Å². The van der Waals surface area contributed by atoms with Crippen molar-refractivity contribution >= 4 is 39.3 Å². The maximum Gasteiger partial charge on any atom is 0.337 e. The lowest BCUT2D eigenvalue weighted by Gasteiger charge is -2.13.